The van der Waals surface area contributed by atoms with Gasteiger partial charge >= 0.3 is 0 Å². The molecule has 92 valence electrons. The van der Waals surface area contributed by atoms with Gasteiger partial charge in [0.2, 0.25) is 0 Å². The van der Waals surface area contributed by atoms with Crippen LogP contribution in [-0.2, 0) is 0 Å². The maximum Gasteiger partial charge on any atom is 0.0576 e. The second-order valence-corrected chi connectivity index (χ2v) is 5.21. The predicted molar refractivity (Wildman–Crippen MR) is 81.5 cm³/mol. The van der Waals surface area contributed by atoms with Crippen molar-refractivity contribution in [3.05, 3.63) is 63.1 Å². The maximum atomic E-state index is 6.03. The van der Waals surface area contributed by atoms with Crippen molar-refractivity contribution in [3.63, 3.8) is 0 Å². The number of hydrazone groups is 1. The van der Waals surface area contributed by atoms with Gasteiger partial charge in [-0.15, -0.1) is 0 Å². The van der Waals surface area contributed by atoms with Gasteiger partial charge in [-0.2, -0.15) is 5.10 Å². The van der Waals surface area contributed by atoms with E-state index >= 15 is 0 Å². The maximum absolute atomic E-state index is 6.03. The standard InChI is InChI=1S/C14H12BrClN2/c1-10-2-7-13(8-14(10)16)18-17-9-11-3-5-12(15)6-4-11/h2-9,18H,1H3. The van der Waals surface area contributed by atoms with E-state index < -0.39 is 0 Å². The first-order valence-electron chi connectivity index (χ1n) is 5.46. The van der Waals surface area contributed by atoms with Crippen LogP contribution in [0.15, 0.2) is 52.0 Å². The van der Waals surface area contributed by atoms with E-state index in [0.29, 0.717) is 0 Å². The average molecular weight is 324 g/mol. The van der Waals surface area contributed by atoms with Crippen LogP contribution in [0.2, 0.25) is 5.02 Å². The molecule has 0 atom stereocenters. The first-order chi connectivity index (χ1) is 8.65. The molecule has 18 heavy (non-hydrogen) atoms. The molecule has 0 unspecified atom stereocenters. The molecule has 0 heterocycles. The Labute approximate surface area is 120 Å². The molecular formula is C14H12BrClN2. The Morgan fingerprint density at radius 1 is 1.17 bits per heavy atom. The monoisotopic (exact) mass is 322 g/mol. The number of halogens is 2. The molecule has 0 radical (unpaired) electrons. The summed E-state index contributed by atoms with van der Waals surface area (Å²) in [4.78, 5) is 0. The third-order valence-corrected chi connectivity index (χ3v) is 3.38. The fourth-order valence-corrected chi connectivity index (χ4v) is 1.84. The summed E-state index contributed by atoms with van der Waals surface area (Å²) in [5.41, 5.74) is 5.91. The van der Waals surface area contributed by atoms with E-state index in [1.807, 2.05) is 49.4 Å². The lowest BCUT2D eigenvalue weighted by molar-refractivity contribution is 1.34. The second-order valence-electron chi connectivity index (χ2n) is 3.89. The molecule has 0 fully saturated rings. The number of aryl methyl sites for hydroxylation is 1. The molecule has 1 N–H and O–H groups in total. The van der Waals surface area contributed by atoms with Gasteiger partial charge in [0.15, 0.2) is 0 Å². The van der Waals surface area contributed by atoms with E-state index in [4.69, 9.17) is 11.6 Å². The van der Waals surface area contributed by atoms with Crippen molar-refractivity contribution in [2.75, 3.05) is 5.43 Å². The van der Waals surface area contributed by atoms with E-state index in [9.17, 15) is 0 Å². The van der Waals surface area contributed by atoms with Crippen molar-refractivity contribution in [2.45, 2.75) is 6.92 Å². The molecule has 0 aromatic heterocycles. The Hall–Kier alpha value is -1.32. The van der Waals surface area contributed by atoms with E-state index in [1.165, 1.54) is 0 Å². The van der Waals surface area contributed by atoms with Crippen molar-refractivity contribution in [1.29, 1.82) is 0 Å². The van der Waals surface area contributed by atoms with E-state index in [1.54, 1.807) is 6.21 Å². The van der Waals surface area contributed by atoms with Gasteiger partial charge in [0.05, 0.1) is 11.9 Å². The van der Waals surface area contributed by atoms with Crippen LogP contribution in [0.25, 0.3) is 0 Å². The minimum absolute atomic E-state index is 0.735. The van der Waals surface area contributed by atoms with Crippen molar-refractivity contribution >= 4 is 39.4 Å². The molecule has 2 aromatic rings. The molecule has 0 aliphatic carbocycles. The lowest BCUT2D eigenvalue weighted by atomic mass is 10.2. The summed E-state index contributed by atoms with van der Waals surface area (Å²) in [6.45, 7) is 1.97. The van der Waals surface area contributed by atoms with Gasteiger partial charge in [-0.05, 0) is 42.3 Å². The van der Waals surface area contributed by atoms with Crippen molar-refractivity contribution in [2.24, 2.45) is 5.10 Å². The summed E-state index contributed by atoms with van der Waals surface area (Å²) in [6.07, 6.45) is 1.76. The van der Waals surface area contributed by atoms with Crippen molar-refractivity contribution in [3.8, 4) is 0 Å². The number of rotatable bonds is 3. The van der Waals surface area contributed by atoms with Gasteiger partial charge in [-0.1, -0.05) is 45.7 Å². The normalized spacial score (nSPS) is 10.8. The fraction of sp³-hybridized carbons (Fsp3) is 0.0714. The predicted octanol–water partition coefficient (Wildman–Crippen LogP) is 4.86. The van der Waals surface area contributed by atoms with Crippen LogP contribution in [-0.4, -0.2) is 6.21 Å². The summed E-state index contributed by atoms with van der Waals surface area (Å²) < 4.78 is 1.05. The molecule has 2 aromatic carbocycles. The molecule has 0 aliphatic heterocycles. The first kappa shape index (κ1) is 13.1. The first-order valence-corrected chi connectivity index (χ1v) is 6.63. The van der Waals surface area contributed by atoms with Crippen LogP contribution < -0.4 is 5.43 Å². The van der Waals surface area contributed by atoms with E-state index in [2.05, 4.69) is 26.5 Å². The van der Waals surface area contributed by atoms with Gasteiger partial charge in [0.25, 0.3) is 0 Å². The molecule has 2 rings (SSSR count). The average Bonchev–Trinajstić information content (AvgIpc) is 2.36. The molecule has 0 saturated carbocycles. The minimum atomic E-state index is 0.735. The van der Waals surface area contributed by atoms with E-state index in [-0.39, 0.29) is 0 Å². The van der Waals surface area contributed by atoms with Gasteiger partial charge in [0, 0.05) is 9.50 Å². The molecule has 4 heteroatoms. The third-order valence-electron chi connectivity index (χ3n) is 2.45. The highest BCUT2D eigenvalue weighted by atomic mass is 79.9. The number of nitrogens with zero attached hydrogens (tertiary/aromatic N) is 1. The number of hydrogen-bond acceptors (Lipinski definition) is 2. The molecule has 0 bridgehead atoms. The van der Waals surface area contributed by atoms with Gasteiger partial charge in [-0.25, -0.2) is 0 Å². The minimum Gasteiger partial charge on any atom is -0.278 e. The largest absolute Gasteiger partial charge is 0.278 e. The van der Waals surface area contributed by atoms with Crippen LogP contribution in [0.4, 0.5) is 5.69 Å². The van der Waals surface area contributed by atoms with Gasteiger partial charge in [0.1, 0.15) is 0 Å². The van der Waals surface area contributed by atoms with E-state index in [0.717, 1.165) is 26.3 Å². The Morgan fingerprint density at radius 3 is 2.56 bits per heavy atom. The number of hydrogen-bond donors (Lipinski definition) is 1. The second kappa shape index (κ2) is 6.03. The van der Waals surface area contributed by atoms with Crippen LogP contribution in [0.5, 0.6) is 0 Å². The van der Waals surface area contributed by atoms with Crippen LogP contribution in [0, 0.1) is 6.92 Å². The van der Waals surface area contributed by atoms with Gasteiger partial charge in [-0.3, -0.25) is 5.43 Å². The lowest BCUT2D eigenvalue weighted by Gasteiger charge is -2.02. The highest BCUT2D eigenvalue weighted by Crippen LogP contribution is 2.19. The zero-order valence-electron chi connectivity index (χ0n) is 9.82. The van der Waals surface area contributed by atoms with Crippen LogP contribution >= 0.6 is 27.5 Å². The van der Waals surface area contributed by atoms with Crippen LogP contribution in [0.3, 0.4) is 0 Å². The molecular weight excluding hydrogens is 312 g/mol. The summed E-state index contributed by atoms with van der Waals surface area (Å²) in [6, 6.07) is 13.7. The number of benzene rings is 2. The fourth-order valence-electron chi connectivity index (χ4n) is 1.39. The number of nitrogens with one attached hydrogen (secondary N) is 1. The summed E-state index contributed by atoms with van der Waals surface area (Å²) in [5.74, 6) is 0. The zero-order valence-corrected chi connectivity index (χ0v) is 12.2. The zero-order chi connectivity index (χ0) is 13.0. The molecule has 0 aliphatic rings. The number of anilines is 1. The Kier molecular flexibility index (Phi) is 4.39. The highest BCUT2D eigenvalue weighted by molar-refractivity contribution is 9.10. The lowest BCUT2D eigenvalue weighted by Crippen LogP contribution is -1.91. The Morgan fingerprint density at radius 2 is 1.89 bits per heavy atom. The summed E-state index contributed by atoms with van der Waals surface area (Å²) >= 11 is 9.42. The molecule has 0 spiro atoms. The van der Waals surface area contributed by atoms with Gasteiger partial charge < -0.3 is 0 Å². The quantitative estimate of drug-likeness (QED) is 0.633. The highest BCUT2D eigenvalue weighted by Gasteiger charge is 1.96. The summed E-state index contributed by atoms with van der Waals surface area (Å²) in [5, 5.41) is 4.90. The smallest absolute Gasteiger partial charge is 0.0576 e. The SMILES string of the molecule is Cc1ccc(NN=Cc2ccc(Br)cc2)cc1Cl. The van der Waals surface area contributed by atoms with Crippen molar-refractivity contribution in [1.82, 2.24) is 0 Å². The van der Waals surface area contributed by atoms with Crippen molar-refractivity contribution < 1.29 is 0 Å². The molecule has 0 amide bonds. The Balaban J connectivity index is 2.02. The Bertz CT molecular complexity index is 565. The third kappa shape index (κ3) is 3.59. The topological polar surface area (TPSA) is 24.4 Å². The van der Waals surface area contributed by atoms with Crippen LogP contribution in [0.1, 0.15) is 11.1 Å². The summed E-state index contributed by atoms with van der Waals surface area (Å²) in [7, 11) is 0. The molecule has 2 nitrogen and oxygen atoms in total. The molecule has 0 saturated heterocycles.